The molecule has 2 aromatic rings. The minimum absolute atomic E-state index is 0.0391. The second-order valence-corrected chi connectivity index (χ2v) is 5.70. The molecule has 0 radical (unpaired) electrons. The topological polar surface area (TPSA) is 41.1 Å². The van der Waals surface area contributed by atoms with Crippen LogP contribution in [0.3, 0.4) is 0 Å². The molecule has 0 saturated heterocycles. The Hall–Kier alpha value is -2.29. The number of benzene rings is 2. The summed E-state index contributed by atoms with van der Waals surface area (Å²) in [6.45, 7) is 8.10. The lowest BCUT2D eigenvalue weighted by atomic mass is 10.1. The molecule has 0 fully saturated rings. The fraction of sp³-hybridized carbons (Fsp3) is 0.316. The first-order valence-electron chi connectivity index (χ1n) is 7.73. The molecule has 2 N–H and O–H groups in total. The summed E-state index contributed by atoms with van der Waals surface area (Å²) >= 11 is 0. The Bertz CT molecular complexity index is 647. The van der Waals surface area contributed by atoms with Gasteiger partial charge in [-0.1, -0.05) is 25.1 Å². The van der Waals surface area contributed by atoms with Gasteiger partial charge in [0.2, 0.25) is 5.91 Å². The molecule has 2 aromatic carbocycles. The Kier molecular flexibility index (Phi) is 5.21. The third-order valence-corrected chi connectivity index (χ3v) is 3.91. The SMILES string of the molecule is CCc1ccc(NC(C)C(=O)Nc2ccc(C)c(C)c2)cc1. The first-order valence-corrected chi connectivity index (χ1v) is 7.73. The van der Waals surface area contributed by atoms with E-state index < -0.39 is 0 Å². The Balaban J connectivity index is 1.97. The molecule has 0 aromatic heterocycles. The highest BCUT2D eigenvalue weighted by Crippen LogP contribution is 2.15. The predicted molar refractivity (Wildman–Crippen MR) is 93.5 cm³/mol. The second-order valence-electron chi connectivity index (χ2n) is 5.70. The van der Waals surface area contributed by atoms with E-state index in [-0.39, 0.29) is 11.9 Å². The summed E-state index contributed by atoms with van der Waals surface area (Å²) in [5.41, 5.74) is 5.48. The van der Waals surface area contributed by atoms with Crippen molar-refractivity contribution in [2.75, 3.05) is 10.6 Å². The van der Waals surface area contributed by atoms with E-state index in [1.165, 1.54) is 16.7 Å². The van der Waals surface area contributed by atoms with Gasteiger partial charge in [-0.15, -0.1) is 0 Å². The maximum Gasteiger partial charge on any atom is 0.246 e. The molecule has 0 spiro atoms. The number of nitrogens with one attached hydrogen (secondary N) is 2. The lowest BCUT2D eigenvalue weighted by molar-refractivity contribution is -0.116. The minimum atomic E-state index is -0.297. The van der Waals surface area contributed by atoms with Gasteiger partial charge in [-0.25, -0.2) is 0 Å². The van der Waals surface area contributed by atoms with Crippen molar-refractivity contribution < 1.29 is 4.79 Å². The third-order valence-electron chi connectivity index (χ3n) is 3.91. The zero-order valence-electron chi connectivity index (χ0n) is 13.7. The van der Waals surface area contributed by atoms with Gasteiger partial charge in [0, 0.05) is 11.4 Å². The number of amides is 1. The highest BCUT2D eigenvalue weighted by molar-refractivity contribution is 5.96. The molecule has 0 bridgehead atoms. The molecule has 0 heterocycles. The summed E-state index contributed by atoms with van der Waals surface area (Å²) in [4.78, 5) is 12.3. The molecule has 0 aliphatic rings. The van der Waals surface area contributed by atoms with Crippen molar-refractivity contribution in [3.63, 3.8) is 0 Å². The summed E-state index contributed by atoms with van der Waals surface area (Å²) in [6.07, 6.45) is 1.02. The highest BCUT2D eigenvalue weighted by Gasteiger charge is 2.13. The number of carbonyl (C=O) groups is 1. The molecule has 22 heavy (non-hydrogen) atoms. The maximum absolute atomic E-state index is 12.3. The van der Waals surface area contributed by atoms with Crippen molar-refractivity contribution in [1.29, 1.82) is 0 Å². The monoisotopic (exact) mass is 296 g/mol. The van der Waals surface area contributed by atoms with Gasteiger partial charge in [-0.2, -0.15) is 0 Å². The second kappa shape index (κ2) is 7.12. The van der Waals surface area contributed by atoms with Crippen LogP contribution in [0.2, 0.25) is 0 Å². The minimum Gasteiger partial charge on any atom is -0.374 e. The highest BCUT2D eigenvalue weighted by atomic mass is 16.2. The molecule has 1 amide bonds. The number of rotatable bonds is 5. The molecular weight excluding hydrogens is 272 g/mol. The Morgan fingerprint density at radius 2 is 1.64 bits per heavy atom. The normalized spacial score (nSPS) is 11.8. The number of carbonyl (C=O) groups excluding carboxylic acids is 1. The van der Waals surface area contributed by atoms with Crippen LogP contribution < -0.4 is 10.6 Å². The zero-order chi connectivity index (χ0) is 16.1. The van der Waals surface area contributed by atoms with Gasteiger partial charge in [0.25, 0.3) is 0 Å². The zero-order valence-corrected chi connectivity index (χ0v) is 13.7. The Morgan fingerprint density at radius 3 is 2.23 bits per heavy atom. The van der Waals surface area contributed by atoms with Crippen molar-refractivity contribution >= 4 is 17.3 Å². The molecule has 3 nitrogen and oxygen atoms in total. The van der Waals surface area contributed by atoms with Crippen LogP contribution in [0.25, 0.3) is 0 Å². The lowest BCUT2D eigenvalue weighted by Crippen LogP contribution is -2.31. The summed E-state index contributed by atoms with van der Waals surface area (Å²) in [5, 5.41) is 6.18. The van der Waals surface area contributed by atoms with E-state index in [1.54, 1.807) is 0 Å². The number of aryl methyl sites for hydroxylation is 3. The molecule has 3 heteroatoms. The molecule has 116 valence electrons. The fourth-order valence-electron chi connectivity index (χ4n) is 2.22. The van der Waals surface area contributed by atoms with Crippen LogP contribution in [0.5, 0.6) is 0 Å². The Labute approximate surface area is 132 Å². The van der Waals surface area contributed by atoms with Gasteiger partial charge in [-0.3, -0.25) is 4.79 Å². The van der Waals surface area contributed by atoms with Gasteiger partial charge in [0.15, 0.2) is 0 Å². The van der Waals surface area contributed by atoms with Gasteiger partial charge in [-0.05, 0) is 68.1 Å². The van der Waals surface area contributed by atoms with E-state index in [0.29, 0.717) is 0 Å². The molecule has 0 aliphatic heterocycles. The van der Waals surface area contributed by atoms with Crippen molar-refractivity contribution in [3.8, 4) is 0 Å². The van der Waals surface area contributed by atoms with Gasteiger partial charge in [0.05, 0.1) is 0 Å². The smallest absolute Gasteiger partial charge is 0.246 e. The van der Waals surface area contributed by atoms with Crippen LogP contribution in [0.15, 0.2) is 42.5 Å². The van der Waals surface area contributed by atoms with Gasteiger partial charge < -0.3 is 10.6 Å². The van der Waals surface area contributed by atoms with Gasteiger partial charge >= 0.3 is 0 Å². The fourth-order valence-corrected chi connectivity index (χ4v) is 2.22. The Morgan fingerprint density at radius 1 is 1.00 bits per heavy atom. The van der Waals surface area contributed by atoms with Crippen molar-refractivity contribution in [2.24, 2.45) is 0 Å². The number of hydrogen-bond donors (Lipinski definition) is 2. The van der Waals surface area contributed by atoms with Crippen molar-refractivity contribution in [1.82, 2.24) is 0 Å². The standard InChI is InChI=1S/C19H24N2O/c1-5-16-7-10-17(11-8-16)20-15(4)19(22)21-18-9-6-13(2)14(3)12-18/h6-12,15,20H,5H2,1-4H3,(H,21,22). The van der Waals surface area contributed by atoms with E-state index in [9.17, 15) is 4.79 Å². The molecule has 0 saturated carbocycles. The predicted octanol–water partition coefficient (Wildman–Crippen LogP) is 4.30. The number of hydrogen-bond acceptors (Lipinski definition) is 2. The van der Waals surface area contributed by atoms with E-state index in [2.05, 4.69) is 36.6 Å². The molecule has 2 rings (SSSR count). The largest absolute Gasteiger partial charge is 0.374 e. The van der Waals surface area contributed by atoms with E-state index >= 15 is 0 Å². The summed E-state index contributed by atoms with van der Waals surface area (Å²) in [7, 11) is 0. The molecule has 1 atom stereocenters. The van der Waals surface area contributed by atoms with Gasteiger partial charge in [0.1, 0.15) is 6.04 Å². The van der Waals surface area contributed by atoms with Crippen LogP contribution in [-0.4, -0.2) is 11.9 Å². The van der Waals surface area contributed by atoms with E-state index in [1.807, 2.05) is 44.2 Å². The van der Waals surface area contributed by atoms with Crippen LogP contribution in [0.1, 0.15) is 30.5 Å². The maximum atomic E-state index is 12.3. The first kappa shape index (κ1) is 16.1. The first-order chi connectivity index (χ1) is 10.5. The molecule has 1 unspecified atom stereocenters. The molecule has 0 aliphatic carbocycles. The lowest BCUT2D eigenvalue weighted by Gasteiger charge is -2.16. The summed E-state index contributed by atoms with van der Waals surface area (Å²) < 4.78 is 0. The van der Waals surface area contributed by atoms with Crippen LogP contribution in [0.4, 0.5) is 11.4 Å². The average Bonchev–Trinajstić information content (AvgIpc) is 2.51. The summed E-state index contributed by atoms with van der Waals surface area (Å²) in [6, 6.07) is 13.8. The van der Waals surface area contributed by atoms with Crippen LogP contribution in [0, 0.1) is 13.8 Å². The van der Waals surface area contributed by atoms with Crippen molar-refractivity contribution in [2.45, 2.75) is 40.2 Å². The molecular formula is C19H24N2O. The summed E-state index contributed by atoms with van der Waals surface area (Å²) in [5.74, 6) is -0.0391. The van der Waals surface area contributed by atoms with Crippen molar-refractivity contribution in [3.05, 3.63) is 59.2 Å². The third kappa shape index (κ3) is 4.10. The van der Waals surface area contributed by atoms with E-state index in [4.69, 9.17) is 0 Å². The van der Waals surface area contributed by atoms with Crippen LogP contribution >= 0.6 is 0 Å². The quantitative estimate of drug-likeness (QED) is 0.863. The van der Waals surface area contributed by atoms with Crippen LogP contribution in [-0.2, 0) is 11.2 Å². The van der Waals surface area contributed by atoms with E-state index in [0.717, 1.165) is 17.8 Å². The average molecular weight is 296 g/mol. The number of anilines is 2.